The van der Waals surface area contributed by atoms with E-state index in [0.717, 1.165) is 31.2 Å². The Balaban J connectivity index is 2.13. The van der Waals surface area contributed by atoms with Crippen LogP contribution in [-0.4, -0.2) is 38.4 Å². The topological polar surface area (TPSA) is 66.5 Å². The third-order valence-corrected chi connectivity index (χ3v) is 6.45. The number of sulfonamides is 1. The predicted octanol–water partition coefficient (Wildman–Crippen LogP) is 2.95. The van der Waals surface area contributed by atoms with Gasteiger partial charge in [0.05, 0.1) is 10.9 Å². The van der Waals surface area contributed by atoms with E-state index in [1.165, 1.54) is 0 Å². The maximum Gasteiger partial charge on any atom is 0.241 e. The third-order valence-electron chi connectivity index (χ3n) is 4.81. The summed E-state index contributed by atoms with van der Waals surface area (Å²) in [6.07, 6.45) is 4.94. The Morgan fingerprint density at radius 1 is 1.20 bits per heavy atom. The summed E-state index contributed by atoms with van der Waals surface area (Å²) in [5, 5.41) is 0. The van der Waals surface area contributed by atoms with Crippen molar-refractivity contribution in [1.82, 2.24) is 9.62 Å². The lowest BCUT2D eigenvalue weighted by Gasteiger charge is -2.27. The van der Waals surface area contributed by atoms with E-state index in [1.807, 2.05) is 12.1 Å². The van der Waals surface area contributed by atoms with Crippen molar-refractivity contribution in [3.8, 4) is 0 Å². The summed E-state index contributed by atoms with van der Waals surface area (Å²) in [6, 6.07) is 6.47. The number of hydrogen-bond acceptors (Lipinski definition) is 3. The minimum absolute atomic E-state index is 0.170. The van der Waals surface area contributed by atoms with Crippen molar-refractivity contribution in [2.45, 2.75) is 69.9 Å². The lowest BCUT2D eigenvalue weighted by Crippen LogP contribution is -2.48. The Morgan fingerprint density at radius 2 is 1.80 bits per heavy atom. The molecule has 6 heteroatoms. The highest BCUT2D eigenvalue weighted by molar-refractivity contribution is 7.89. The maximum atomic E-state index is 12.8. The van der Waals surface area contributed by atoms with Gasteiger partial charge in [-0.25, -0.2) is 8.42 Å². The largest absolute Gasteiger partial charge is 0.341 e. The third kappa shape index (κ3) is 5.05. The van der Waals surface area contributed by atoms with Gasteiger partial charge >= 0.3 is 0 Å². The van der Waals surface area contributed by atoms with Crippen LogP contribution in [0.15, 0.2) is 29.2 Å². The summed E-state index contributed by atoms with van der Waals surface area (Å²) in [6.45, 7) is 5.73. The van der Waals surface area contributed by atoms with Gasteiger partial charge < -0.3 is 4.90 Å². The van der Waals surface area contributed by atoms with Crippen LogP contribution in [0.2, 0.25) is 0 Å². The van der Waals surface area contributed by atoms with Crippen molar-refractivity contribution in [3.05, 3.63) is 29.8 Å². The summed E-state index contributed by atoms with van der Waals surface area (Å²) in [5.41, 5.74) is 0.786. The first kappa shape index (κ1) is 19.9. The molecule has 0 spiro atoms. The Hall–Kier alpha value is -1.40. The Morgan fingerprint density at radius 3 is 2.40 bits per heavy atom. The quantitative estimate of drug-likeness (QED) is 0.807. The van der Waals surface area contributed by atoms with Crippen LogP contribution in [0, 0.1) is 5.92 Å². The van der Waals surface area contributed by atoms with Crippen molar-refractivity contribution in [2.75, 3.05) is 7.05 Å². The van der Waals surface area contributed by atoms with Crippen molar-refractivity contribution >= 4 is 15.9 Å². The Labute approximate surface area is 151 Å². The molecule has 1 amide bonds. The highest BCUT2D eigenvalue weighted by Gasteiger charge is 2.30. The minimum Gasteiger partial charge on any atom is -0.341 e. The fourth-order valence-corrected chi connectivity index (χ4v) is 4.95. The zero-order valence-electron chi connectivity index (χ0n) is 15.7. The summed E-state index contributed by atoms with van der Waals surface area (Å²) >= 11 is 0. The van der Waals surface area contributed by atoms with Gasteiger partial charge in [-0.15, -0.1) is 0 Å². The number of carbonyl (C=O) groups is 1. The molecule has 0 bridgehead atoms. The van der Waals surface area contributed by atoms with E-state index in [4.69, 9.17) is 0 Å². The number of hydrogen-bond donors (Lipinski definition) is 1. The van der Waals surface area contributed by atoms with Gasteiger partial charge in [0.2, 0.25) is 15.9 Å². The highest BCUT2D eigenvalue weighted by Crippen LogP contribution is 2.23. The molecule has 1 aliphatic rings. The second-order valence-electron chi connectivity index (χ2n) is 7.44. The van der Waals surface area contributed by atoms with Crippen LogP contribution >= 0.6 is 0 Å². The van der Waals surface area contributed by atoms with Gasteiger partial charge in [0.15, 0.2) is 0 Å². The Kier molecular flexibility index (Phi) is 6.63. The number of benzene rings is 1. The molecule has 140 valence electrons. The van der Waals surface area contributed by atoms with E-state index < -0.39 is 16.1 Å². The van der Waals surface area contributed by atoms with Gasteiger partial charge in [0.25, 0.3) is 0 Å². The van der Waals surface area contributed by atoms with E-state index in [9.17, 15) is 13.2 Å². The molecule has 1 aromatic carbocycles. The number of amides is 1. The van der Waals surface area contributed by atoms with Crippen LogP contribution < -0.4 is 4.72 Å². The maximum absolute atomic E-state index is 12.8. The summed E-state index contributed by atoms with van der Waals surface area (Å²) < 4.78 is 28.2. The van der Waals surface area contributed by atoms with Crippen LogP contribution in [0.25, 0.3) is 0 Å². The molecular formula is C19H30N2O3S. The molecule has 1 unspecified atom stereocenters. The van der Waals surface area contributed by atoms with Crippen LogP contribution in [0.4, 0.5) is 0 Å². The molecule has 1 N–H and O–H groups in total. The van der Waals surface area contributed by atoms with Gasteiger partial charge in [-0.2, -0.15) is 4.72 Å². The molecule has 0 heterocycles. The molecule has 1 saturated carbocycles. The van der Waals surface area contributed by atoms with Crippen molar-refractivity contribution < 1.29 is 13.2 Å². The molecule has 1 aliphatic carbocycles. The Bertz CT molecular complexity index is 694. The second kappa shape index (κ2) is 8.32. The molecule has 1 atom stereocenters. The van der Waals surface area contributed by atoms with E-state index in [2.05, 4.69) is 18.6 Å². The van der Waals surface area contributed by atoms with Gasteiger partial charge in [0.1, 0.15) is 0 Å². The molecule has 25 heavy (non-hydrogen) atoms. The van der Waals surface area contributed by atoms with Gasteiger partial charge in [-0.3, -0.25) is 4.79 Å². The second-order valence-corrected chi connectivity index (χ2v) is 9.12. The average Bonchev–Trinajstić information content (AvgIpc) is 3.07. The zero-order chi connectivity index (χ0) is 18.6. The standard InChI is InChI=1S/C19H30N2O3S/c1-14(2)13-16-9-5-8-12-18(16)25(23,24)20-15(3)19(22)21(4)17-10-6-7-11-17/h5,8-9,12,14-15,17,20H,6-7,10-11,13H2,1-4H3. The van der Waals surface area contributed by atoms with E-state index in [0.29, 0.717) is 12.3 Å². The molecule has 0 saturated heterocycles. The molecule has 1 aromatic rings. The fourth-order valence-electron chi connectivity index (χ4n) is 3.50. The number of likely N-dealkylation sites (N-methyl/N-ethyl adjacent to an activating group) is 1. The number of rotatable bonds is 7. The van der Waals surface area contributed by atoms with E-state index in [1.54, 1.807) is 31.0 Å². The van der Waals surface area contributed by atoms with Crippen LogP contribution in [0.1, 0.15) is 52.0 Å². The smallest absolute Gasteiger partial charge is 0.241 e. The zero-order valence-corrected chi connectivity index (χ0v) is 16.5. The fraction of sp³-hybridized carbons (Fsp3) is 0.632. The first-order valence-electron chi connectivity index (χ1n) is 9.09. The van der Waals surface area contributed by atoms with E-state index >= 15 is 0 Å². The minimum atomic E-state index is -3.74. The van der Waals surface area contributed by atoms with Crippen molar-refractivity contribution in [1.29, 1.82) is 0 Å². The summed E-state index contributed by atoms with van der Waals surface area (Å²) in [4.78, 5) is 14.6. The number of nitrogens with zero attached hydrogens (tertiary/aromatic N) is 1. The average molecular weight is 367 g/mol. The first-order chi connectivity index (χ1) is 11.7. The number of nitrogens with one attached hydrogen (secondary N) is 1. The van der Waals surface area contributed by atoms with Gasteiger partial charge in [-0.1, -0.05) is 44.9 Å². The summed E-state index contributed by atoms with van der Waals surface area (Å²) in [7, 11) is -1.96. The molecule has 0 aromatic heterocycles. The van der Waals surface area contributed by atoms with Crippen molar-refractivity contribution in [2.24, 2.45) is 5.92 Å². The molecule has 2 rings (SSSR count). The lowest BCUT2D eigenvalue weighted by atomic mass is 10.0. The normalized spacial score (nSPS) is 17.0. The number of carbonyl (C=O) groups excluding carboxylic acids is 1. The monoisotopic (exact) mass is 366 g/mol. The van der Waals surface area contributed by atoms with Gasteiger partial charge in [0, 0.05) is 13.1 Å². The predicted molar refractivity (Wildman–Crippen MR) is 99.8 cm³/mol. The SMILES string of the molecule is CC(C)Cc1ccccc1S(=O)(=O)NC(C)C(=O)N(C)C1CCCC1. The van der Waals surface area contributed by atoms with Crippen molar-refractivity contribution in [3.63, 3.8) is 0 Å². The lowest BCUT2D eigenvalue weighted by molar-refractivity contribution is -0.133. The highest BCUT2D eigenvalue weighted by atomic mass is 32.2. The molecular weight excluding hydrogens is 336 g/mol. The van der Waals surface area contributed by atoms with E-state index in [-0.39, 0.29) is 16.8 Å². The van der Waals surface area contributed by atoms with Crippen LogP contribution in [0.5, 0.6) is 0 Å². The molecule has 0 aliphatic heterocycles. The van der Waals surface area contributed by atoms with Crippen LogP contribution in [-0.2, 0) is 21.2 Å². The van der Waals surface area contributed by atoms with Crippen LogP contribution in [0.3, 0.4) is 0 Å². The summed E-state index contributed by atoms with van der Waals surface area (Å²) in [5.74, 6) is 0.181. The molecule has 1 fully saturated rings. The van der Waals surface area contributed by atoms with Gasteiger partial charge in [-0.05, 0) is 43.7 Å². The molecule has 5 nitrogen and oxygen atoms in total. The first-order valence-corrected chi connectivity index (χ1v) is 10.6. The molecule has 0 radical (unpaired) electrons.